The van der Waals surface area contributed by atoms with Gasteiger partial charge in [0.2, 0.25) is 0 Å². The number of aromatic amines is 1. The van der Waals surface area contributed by atoms with Gasteiger partial charge in [0.1, 0.15) is 6.33 Å². The summed E-state index contributed by atoms with van der Waals surface area (Å²) < 4.78 is 0. The van der Waals surface area contributed by atoms with Crippen LogP contribution in [0.3, 0.4) is 0 Å². The molecule has 68 valence electrons. The number of H-pyrrole nitrogens is 1. The van der Waals surface area contributed by atoms with Gasteiger partial charge in [0.05, 0.1) is 11.0 Å². The molecule has 2 radical (unpaired) electrons. The molecule has 3 rings (SSSR count). The van der Waals surface area contributed by atoms with E-state index in [1.807, 2.05) is 24.5 Å². The summed E-state index contributed by atoms with van der Waals surface area (Å²) in [6.07, 6.45) is 5.33. The van der Waals surface area contributed by atoms with Crippen LogP contribution in [0.4, 0.5) is 0 Å². The van der Waals surface area contributed by atoms with Crippen molar-refractivity contribution < 1.29 is 0 Å². The second-order valence-electron chi connectivity index (χ2n) is 2.96. The van der Waals surface area contributed by atoms with Crippen LogP contribution >= 0.6 is 0 Å². The summed E-state index contributed by atoms with van der Waals surface area (Å²) >= 11 is 0. The molecule has 0 saturated carbocycles. The molecule has 3 nitrogen and oxygen atoms in total. The molecule has 2 aromatic heterocycles. The molecule has 0 fully saturated rings. The largest absolute Gasteiger partial charge is 0.361 e. The van der Waals surface area contributed by atoms with Crippen LogP contribution in [-0.2, 0) is 0 Å². The van der Waals surface area contributed by atoms with Crippen LogP contribution in [0.1, 0.15) is 0 Å². The first kappa shape index (κ1) is 9.57. The van der Waals surface area contributed by atoms with E-state index in [0.717, 1.165) is 16.4 Å². The van der Waals surface area contributed by atoms with Gasteiger partial charge in [0.25, 0.3) is 0 Å². The van der Waals surface area contributed by atoms with Gasteiger partial charge in [-0.15, -0.1) is 0 Å². The average Bonchev–Trinajstić information content (AvgIpc) is 2.65. The van der Waals surface area contributed by atoms with Gasteiger partial charge >= 0.3 is 27.3 Å². The molecule has 0 aliphatic rings. The minimum atomic E-state index is 0. The fraction of sp³-hybridized carbons (Fsp3) is 0. The molecular formula is C10H9N3Pb. The molecule has 0 aliphatic carbocycles. The summed E-state index contributed by atoms with van der Waals surface area (Å²) in [6, 6.07) is 6.11. The van der Waals surface area contributed by atoms with E-state index in [-0.39, 0.29) is 27.3 Å². The van der Waals surface area contributed by atoms with Gasteiger partial charge in [-0.1, -0.05) is 6.07 Å². The Bertz CT molecular complexity index is 573. The van der Waals surface area contributed by atoms with Crippen LogP contribution in [0.5, 0.6) is 0 Å². The molecule has 14 heavy (non-hydrogen) atoms. The zero-order valence-electron chi connectivity index (χ0n) is 7.57. The number of fused-ring (bicyclic) bond motifs is 3. The Balaban J connectivity index is 0.000000750. The van der Waals surface area contributed by atoms with Crippen molar-refractivity contribution >= 4 is 49.1 Å². The van der Waals surface area contributed by atoms with Crippen molar-refractivity contribution in [3.63, 3.8) is 0 Å². The normalized spacial score (nSPS) is 10.3. The smallest absolute Gasteiger partial charge is 0.116 e. The number of rotatable bonds is 0. The minimum absolute atomic E-state index is 0. The van der Waals surface area contributed by atoms with Gasteiger partial charge < -0.3 is 4.98 Å². The Kier molecular flexibility index (Phi) is 2.49. The van der Waals surface area contributed by atoms with Gasteiger partial charge in [-0.3, -0.25) is 0 Å². The number of aromatic nitrogens is 3. The number of nitrogens with one attached hydrogen (secondary N) is 1. The van der Waals surface area contributed by atoms with Gasteiger partial charge in [0.15, 0.2) is 0 Å². The number of nitrogens with zero attached hydrogens (tertiary/aromatic N) is 2. The van der Waals surface area contributed by atoms with Crippen LogP contribution in [-0.4, -0.2) is 42.3 Å². The van der Waals surface area contributed by atoms with E-state index in [1.54, 1.807) is 6.33 Å². The molecule has 0 amide bonds. The van der Waals surface area contributed by atoms with E-state index in [4.69, 9.17) is 0 Å². The van der Waals surface area contributed by atoms with Crippen LogP contribution in [0.15, 0.2) is 36.9 Å². The van der Waals surface area contributed by atoms with E-state index < -0.39 is 0 Å². The van der Waals surface area contributed by atoms with E-state index in [9.17, 15) is 0 Å². The van der Waals surface area contributed by atoms with Gasteiger partial charge in [-0.05, 0) is 12.1 Å². The quantitative estimate of drug-likeness (QED) is 0.598. The molecule has 4 heteroatoms. The number of hydrogen-bond acceptors (Lipinski definition) is 2. The Labute approximate surface area is 101 Å². The average molecular weight is 378 g/mol. The monoisotopic (exact) mass is 379 g/mol. The maximum Gasteiger partial charge on any atom is 0.116 e. The predicted octanol–water partition coefficient (Wildman–Crippen LogP) is 1.19. The SMILES string of the molecule is [PbH2].c1ncc2c(ccc3cc[nH]c32)n1. The summed E-state index contributed by atoms with van der Waals surface area (Å²) in [7, 11) is 0. The molecule has 0 atom stereocenters. The van der Waals surface area contributed by atoms with Crippen molar-refractivity contribution in [1.82, 2.24) is 15.0 Å². The molecule has 3 aromatic rings. The molecule has 0 saturated heterocycles. The molecule has 0 aliphatic heterocycles. The standard InChI is InChI=1S/C10H7N3.Pb.2H/c1-2-9-8(5-11-6-13-9)10-7(1)3-4-12-10;;;/h1-6,12H;;;. The van der Waals surface area contributed by atoms with E-state index in [1.165, 1.54) is 5.39 Å². The fourth-order valence-electron chi connectivity index (χ4n) is 1.59. The van der Waals surface area contributed by atoms with Gasteiger partial charge in [-0.2, -0.15) is 0 Å². The Hall–Kier alpha value is -0.978. The second-order valence-corrected chi connectivity index (χ2v) is 2.96. The molecular weight excluding hydrogens is 369 g/mol. The Morgan fingerprint density at radius 2 is 2.07 bits per heavy atom. The summed E-state index contributed by atoms with van der Waals surface area (Å²) in [5, 5.41) is 2.27. The Morgan fingerprint density at radius 1 is 1.14 bits per heavy atom. The third kappa shape index (κ3) is 1.31. The van der Waals surface area contributed by atoms with Crippen molar-refractivity contribution in [2.45, 2.75) is 0 Å². The molecule has 0 unspecified atom stereocenters. The fourth-order valence-corrected chi connectivity index (χ4v) is 1.59. The first-order valence-electron chi connectivity index (χ1n) is 4.11. The van der Waals surface area contributed by atoms with Crippen molar-refractivity contribution in [2.24, 2.45) is 0 Å². The second kappa shape index (κ2) is 3.64. The van der Waals surface area contributed by atoms with Gasteiger partial charge in [0, 0.05) is 23.2 Å². The summed E-state index contributed by atoms with van der Waals surface area (Å²) in [6.45, 7) is 0. The molecule has 1 N–H and O–H groups in total. The van der Waals surface area contributed by atoms with Crippen molar-refractivity contribution in [1.29, 1.82) is 0 Å². The zero-order valence-corrected chi connectivity index (χ0v) is 13.1. The summed E-state index contributed by atoms with van der Waals surface area (Å²) in [4.78, 5) is 11.4. The molecule has 2 heterocycles. The van der Waals surface area contributed by atoms with Gasteiger partial charge in [-0.25, -0.2) is 9.97 Å². The summed E-state index contributed by atoms with van der Waals surface area (Å²) in [5.41, 5.74) is 2.09. The maximum atomic E-state index is 4.18. The van der Waals surface area contributed by atoms with Crippen molar-refractivity contribution in [3.05, 3.63) is 36.9 Å². The van der Waals surface area contributed by atoms with Crippen LogP contribution in [0.25, 0.3) is 21.8 Å². The third-order valence-electron chi connectivity index (χ3n) is 2.21. The minimum Gasteiger partial charge on any atom is -0.361 e. The first-order valence-corrected chi connectivity index (χ1v) is 4.11. The molecule has 1 aromatic carbocycles. The third-order valence-corrected chi connectivity index (χ3v) is 2.21. The molecule has 0 spiro atoms. The topological polar surface area (TPSA) is 41.6 Å². The van der Waals surface area contributed by atoms with Crippen molar-refractivity contribution in [2.75, 3.05) is 0 Å². The maximum absolute atomic E-state index is 4.18. The van der Waals surface area contributed by atoms with E-state index in [2.05, 4.69) is 21.0 Å². The first-order chi connectivity index (χ1) is 6.45. The molecule has 0 bridgehead atoms. The van der Waals surface area contributed by atoms with Crippen LogP contribution in [0, 0.1) is 0 Å². The van der Waals surface area contributed by atoms with Crippen LogP contribution in [0.2, 0.25) is 0 Å². The predicted molar refractivity (Wildman–Crippen MR) is 59.9 cm³/mol. The van der Waals surface area contributed by atoms with E-state index in [0.29, 0.717) is 0 Å². The van der Waals surface area contributed by atoms with Crippen LogP contribution < -0.4 is 0 Å². The summed E-state index contributed by atoms with van der Waals surface area (Å²) in [5.74, 6) is 0. The van der Waals surface area contributed by atoms with E-state index >= 15 is 0 Å². The number of hydrogen-bond donors (Lipinski definition) is 1. The Morgan fingerprint density at radius 3 is 3.00 bits per heavy atom. The number of benzene rings is 1. The van der Waals surface area contributed by atoms with Crippen molar-refractivity contribution in [3.8, 4) is 0 Å². The zero-order chi connectivity index (χ0) is 8.67.